The predicted molar refractivity (Wildman–Crippen MR) is 74.4 cm³/mol. The van der Waals surface area contributed by atoms with Gasteiger partial charge < -0.3 is 5.32 Å². The van der Waals surface area contributed by atoms with Gasteiger partial charge in [0.1, 0.15) is 5.54 Å². The van der Waals surface area contributed by atoms with Crippen molar-refractivity contribution in [3.8, 4) is 6.07 Å². The van der Waals surface area contributed by atoms with E-state index >= 15 is 0 Å². The quantitative estimate of drug-likeness (QED) is 0.743. The van der Waals surface area contributed by atoms with Gasteiger partial charge in [-0.05, 0) is 31.7 Å². The Morgan fingerprint density at radius 1 is 1.35 bits per heavy atom. The van der Waals surface area contributed by atoms with Gasteiger partial charge in [0.05, 0.1) is 17.9 Å². The maximum atomic E-state index is 12.2. The fourth-order valence-corrected chi connectivity index (χ4v) is 3.43. The normalized spacial score (nSPS) is 29.9. The first-order valence-corrected chi connectivity index (χ1v) is 7.30. The average molecular weight is 277 g/mol. The minimum atomic E-state index is -0.548. The molecule has 5 heteroatoms. The molecule has 0 bridgehead atoms. The Morgan fingerprint density at radius 3 is 2.30 bits per heavy atom. The van der Waals surface area contributed by atoms with Crippen LogP contribution in [0.25, 0.3) is 0 Å². The SMILES string of the molecule is CCC(C#N)(CCCN1C(=O)C2C(C1=O)C2(C)C)NC. The molecule has 1 aliphatic heterocycles. The highest BCUT2D eigenvalue weighted by molar-refractivity contribution is 6.10. The summed E-state index contributed by atoms with van der Waals surface area (Å²) in [4.78, 5) is 25.7. The molecule has 3 unspecified atom stereocenters. The van der Waals surface area contributed by atoms with Crippen molar-refractivity contribution in [3.05, 3.63) is 0 Å². The van der Waals surface area contributed by atoms with E-state index in [4.69, 9.17) is 0 Å². The molecule has 0 radical (unpaired) electrons. The summed E-state index contributed by atoms with van der Waals surface area (Å²) >= 11 is 0. The van der Waals surface area contributed by atoms with Crippen LogP contribution in [0.4, 0.5) is 0 Å². The topological polar surface area (TPSA) is 73.2 Å². The lowest BCUT2D eigenvalue weighted by Gasteiger charge is -2.26. The maximum Gasteiger partial charge on any atom is 0.233 e. The van der Waals surface area contributed by atoms with Gasteiger partial charge in [-0.2, -0.15) is 5.26 Å². The molecule has 2 rings (SSSR count). The zero-order valence-corrected chi connectivity index (χ0v) is 12.7. The number of nitrogens with one attached hydrogen (secondary N) is 1. The Balaban J connectivity index is 1.90. The second-order valence-corrected chi connectivity index (χ2v) is 6.51. The van der Waals surface area contributed by atoms with Gasteiger partial charge in [0.2, 0.25) is 11.8 Å². The molecule has 2 aliphatic rings. The van der Waals surface area contributed by atoms with Crippen molar-refractivity contribution in [1.29, 1.82) is 5.26 Å². The lowest BCUT2D eigenvalue weighted by atomic mass is 9.92. The number of carbonyl (C=O) groups excluding carboxylic acids is 2. The van der Waals surface area contributed by atoms with Crippen LogP contribution in [0.2, 0.25) is 0 Å². The summed E-state index contributed by atoms with van der Waals surface area (Å²) in [5.74, 6) is -0.251. The molecule has 2 amide bonds. The minimum Gasteiger partial charge on any atom is -0.302 e. The van der Waals surface area contributed by atoms with Gasteiger partial charge in [0, 0.05) is 6.54 Å². The van der Waals surface area contributed by atoms with Crippen molar-refractivity contribution < 1.29 is 9.59 Å². The molecular formula is C15H23N3O2. The van der Waals surface area contributed by atoms with Crippen molar-refractivity contribution >= 4 is 11.8 Å². The van der Waals surface area contributed by atoms with Gasteiger partial charge in [0.25, 0.3) is 0 Å². The summed E-state index contributed by atoms with van der Waals surface area (Å²) in [5.41, 5.74) is -0.691. The van der Waals surface area contributed by atoms with Gasteiger partial charge in [0.15, 0.2) is 0 Å². The molecule has 1 heterocycles. The number of hydrogen-bond donors (Lipinski definition) is 1. The number of fused-ring (bicyclic) bond motifs is 1. The summed E-state index contributed by atoms with van der Waals surface area (Å²) in [5, 5.41) is 12.3. The van der Waals surface area contributed by atoms with E-state index < -0.39 is 5.54 Å². The van der Waals surface area contributed by atoms with Gasteiger partial charge in [-0.15, -0.1) is 0 Å². The summed E-state index contributed by atoms with van der Waals surface area (Å²) in [7, 11) is 1.77. The van der Waals surface area contributed by atoms with Crippen molar-refractivity contribution in [1.82, 2.24) is 10.2 Å². The van der Waals surface area contributed by atoms with Gasteiger partial charge in [-0.3, -0.25) is 14.5 Å². The number of imide groups is 1. The largest absolute Gasteiger partial charge is 0.302 e. The predicted octanol–water partition coefficient (Wildman–Crippen LogP) is 1.30. The van der Waals surface area contributed by atoms with E-state index in [2.05, 4.69) is 11.4 Å². The van der Waals surface area contributed by atoms with Crippen LogP contribution < -0.4 is 5.32 Å². The third kappa shape index (κ3) is 2.03. The molecule has 0 aromatic heterocycles. The van der Waals surface area contributed by atoms with E-state index in [1.807, 2.05) is 20.8 Å². The number of likely N-dealkylation sites (tertiary alicyclic amines) is 1. The van der Waals surface area contributed by atoms with Crippen LogP contribution in [-0.2, 0) is 9.59 Å². The van der Waals surface area contributed by atoms with Crippen molar-refractivity contribution in [2.24, 2.45) is 17.3 Å². The first-order valence-electron chi connectivity index (χ1n) is 7.30. The highest BCUT2D eigenvalue weighted by Gasteiger charge is 2.72. The number of hydrogen-bond acceptors (Lipinski definition) is 4. The number of amides is 2. The van der Waals surface area contributed by atoms with Gasteiger partial charge in [-0.1, -0.05) is 20.8 Å². The minimum absolute atomic E-state index is 0.0199. The fraction of sp³-hybridized carbons (Fsp3) is 0.800. The highest BCUT2D eigenvalue weighted by Crippen LogP contribution is 2.63. The van der Waals surface area contributed by atoms with Gasteiger partial charge >= 0.3 is 0 Å². The molecule has 110 valence electrons. The molecule has 2 fully saturated rings. The Kier molecular flexibility index (Phi) is 3.64. The lowest BCUT2D eigenvalue weighted by molar-refractivity contribution is -0.143. The Labute approximate surface area is 120 Å². The number of carbonyl (C=O) groups is 2. The van der Waals surface area contributed by atoms with Gasteiger partial charge in [-0.25, -0.2) is 0 Å². The van der Waals surface area contributed by atoms with E-state index in [0.717, 1.165) is 0 Å². The van der Waals surface area contributed by atoms with Crippen LogP contribution in [0.5, 0.6) is 0 Å². The van der Waals surface area contributed by atoms with Crippen molar-refractivity contribution in [2.45, 2.75) is 45.6 Å². The third-order valence-electron chi connectivity index (χ3n) is 5.17. The summed E-state index contributed by atoms with van der Waals surface area (Å²) < 4.78 is 0. The molecular weight excluding hydrogens is 254 g/mol. The monoisotopic (exact) mass is 277 g/mol. The van der Waals surface area contributed by atoms with E-state index in [0.29, 0.717) is 25.8 Å². The Bertz CT molecular complexity index is 450. The molecule has 0 aromatic carbocycles. The number of piperidine rings is 1. The molecule has 0 spiro atoms. The number of nitrogens with zero attached hydrogens (tertiary/aromatic N) is 2. The molecule has 5 nitrogen and oxygen atoms in total. The van der Waals surface area contributed by atoms with Crippen molar-refractivity contribution in [3.63, 3.8) is 0 Å². The molecule has 1 N–H and O–H groups in total. The summed E-state index contributed by atoms with van der Waals surface area (Å²) in [6.07, 6.45) is 2.02. The average Bonchev–Trinajstić information content (AvgIpc) is 2.90. The molecule has 1 saturated carbocycles. The van der Waals surface area contributed by atoms with Crippen LogP contribution in [0.15, 0.2) is 0 Å². The zero-order chi connectivity index (χ0) is 15.1. The number of rotatable bonds is 6. The van der Waals surface area contributed by atoms with E-state index in [9.17, 15) is 14.9 Å². The van der Waals surface area contributed by atoms with Crippen LogP contribution >= 0.6 is 0 Å². The van der Waals surface area contributed by atoms with E-state index in [-0.39, 0.29) is 29.1 Å². The van der Waals surface area contributed by atoms with E-state index in [1.54, 1.807) is 7.05 Å². The van der Waals surface area contributed by atoms with Crippen LogP contribution in [-0.4, -0.2) is 35.8 Å². The van der Waals surface area contributed by atoms with Crippen LogP contribution in [0.3, 0.4) is 0 Å². The van der Waals surface area contributed by atoms with Crippen LogP contribution in [0.1, 0.15) is 40.0 Å². The second-order valence-electron chi connectivity index (χ2n) is 6.51. The molecule has 20 heavy (non-hydrogen) atoms. The fourth-order valence-electron chi connectivity index (χ4n) is 3.43. The summed E-state index contributed by atoms with van der Waals surface area (Å²) in [6, 6.07) is 2.29. The third-order valence-corrected chi connectivity index (χ3v) is 5.17. The lowest BCUT2D eigenvalue weighted by Crippen LogP contribution is -2.42. The molecule has 0 aromatic rings. The zero-order valence-electron chi connectivity index (χ0n) is 12.7. The van der Waals surface area contributed by atoms with E-state index in [1.165, 1.54) is 4.90 Å². The second kappa shape index (κ2) is 4.85. The number of nitriles is 1. The Morgan fingerprint density at radius 2 is 1.90 bits per heavy atom. The van der Waals surface area contributed by atoms with Crippen LogP contribution in [0, 0.1) is 28.6 Å². The first kappa shape index (κ1) is 15.0. The van der Waals surface area contributed by atoms with Crippen molar-refractivity contribution in [2.75, 3.05) is 13.6 Å². The smallest absolute Gasteiger partial charge is 0.233 e. The molecule has 1 saturated heterocycles. The molecule has 3 atom stereocenters. The Hall–Kier alpha value is -1.41. The maximum absolute atomic E-state index is 12.2. The molecule has 1 aliphatic carbocycles. The highest BCUT2D eigenvalue weighted by atomic mass is 16.2. The standard InChI is InChI=1S/C15H23N3O2/c1-5-15(9-16,17-4)7-6-8-18-12(19)10-11(13(18)20)14(10,2)3/h10-11,17H,5-8H2,1-4H3. The first-order chi connectivity index (χ1) is 9.34. The summed E-state index contributed by atoms with van der Waals surface area (Å²) in [6.45, 7) is 6.36.